The molecule has 0 unspecified atom stereocenters. The van der Waals surface area contributed by atoms with Gasteiger partial charge in [-0.1, -0.05) is 18.2 Å². The molecule has 10 nitrogen and oxygen atoms in total. The van der Waals surface area contributed by atoms with Gasteiger partial charge in [0.2, 0.25) is 17.8 Å². The van der Waals surface area contributed by atoms with Gasteiger partial charge in [-0.15, -0.1) is 0 Å². The van der Waals surface area contributed by atoms with Crippen LogP contribution in [-0.2, 0) is 20.9 Å². The van der Waals surface area contributed by atoms with Crippen molar-refractivity contribution in [1.29, 1.82) is 0 Å². The van der Waals surface area contributed by atoms with Crippen LogP contribution in [0.3, 0.4) is 0 Å². The molecule has 37 heavy (non-hydrogen) atoms. The normalized spacial score (nSPS) is 13.9. The second kappa shape index (κ2) is 13.0. The number of amides is 1. The minimum absolute atomic E-state index is 0.115. The number of hydrogen-bond donors (Lipinski definition) is 2. The van der Waals surface area contributed by atoms with Gasteiger partial charge in [-0.25, -0.2) is 9.97 Å². The lowest BCUT2D eigenvalue weighted by molar-refractivity contribution is -0.114. The van der Waals surface area contributed by atoms with Gasteiger partial charge in [-0.05, 0) is 55.2 Å². The van der Waals surface area contributed by atoms with Gasteiger partial charge in [0, 0.05) is 38.5 Å². The third kappa shape index (κ3) is 7.61. The topological polar surface area (TPSA) is 111 Å². The number of rotatable bonds is 11. The highest BCUT2D eigenvalue weighted by atomic mass is 16.5. The van der Waals surface area contributed by atoms with Crippen LogP contribution in [0.2, 0.25) is 0 Å². The number of anilines is 4. The monoisotopic (exact) mass is 506 g/mol. The summed E-state index contributed by atoms with van der Waals surface area (Å²) in [7, 11) is 1.66. The van der Waals surface area contributed by atoms with Crippen molar-refractivity contribution >= 4 is 29.2 Å². The van der Waals surface area contributed by atoms with Crippen molar-refractivity contribution in [3.8, 4) is 5.75 Å². The lowest BCUT2D eigenvalue weighted by Crippen LogP contribution is -2.38. The molecule has 1 fully saturated rings. The second-order valence-corrected chi connectivity index (χ2v) is 8.88. The van der Waals surface area contributed by atoms with Gasteiger partial charge in [0.05, 0.1) is 19.3 Å². The highest BCUT2D eigenvalue weighted by Crippen LogP contribution is 2.26. The molecular weight excluding hydrogens is 472 g/mol. The molecule has 0 bridgehead atoms. The van der Waals surface area contributed by atoms with E-state index >= 15 is 0 Å². The number of carbonyl (C=O) groups excluding carboxylic acids is 1. The van der Waals surface area contributed by atoms with Crippen molar-refractivity contribution in [3.05, 3.63) is 59.9 Å². The molecule has 0 spiro atoms. The van der Waals surface area contributed by atoms with E-state index in [1.165, 1.54) is 13.3 Å². The van der Waals surface area contributed by atoms with E-state index in [2.05, 4.69) is 30.5 Å². The van der Waals surface area contributed by atoms with E-state index in [1.807, 2.05) is 49.4 Å². The van der Waals surface area contributed by atoms with E-state index in [0.29, 0.717) is 31.7 Å². The summed E-state index contributed by atoms with van der Waals surface area (Å²) in [6.07, 6.45) is 3.49. The summed E-state index contributed by atoms with van der Waals surface area (Å²) in [5.41, 5.74) is 3.60. The Labute approximate surface area is 217 Å². The van der Waals surface area contributed by atoms with Crippen molar-refractivity contribution in [2.45, 2.75) is 39.4 Å². The molecule has 0 saturated carbocycles. The first-order chi connectivity index (χ1) is 18.0. The quantitative estimate of drug-likeness (QED) is 0.371. The smallest absolute Gasteiger partial charge is 0.232 e. The van der Waals surface area contributed by atoms with E-state index < -0.39 is 0 Å². The standard InChI is InChI=1S/C27H34N6O4/c1-19-24(30-20(2)34)5-4-6-25(19)31-26-28-18-29-27(32-26)33-13-11-23(12-14-33)37-17-21-7-9-22(10-8-21)36-16-15-35-3/h4-10,18,23H,11-17H2,1-3H3,(H,30,34)(H,28,29,31,32). The molecular formula is C27H34N6O4. The van der Waals surface area contributed by atoms with Crippen molar-refractivity contribution in [2.24, 2.45) is 0 Å². The fourth-order valence-corrected chi connectivity index (χ4v) is 4.08. The summed E-state index contributed by atoms with van der Waals surface area (Å²) in [5.74, 6) is 1.81. The summed E-state index contributed by atoms with van der Waals surface area (Å²) < 4.78 is 16.8. The molecule has 0 radical (unpaired) electrons. The van der Waals surface area contributed by atoms with Gasteiger partial charge >= 0.3 is 0 Å². The lowest BCUT2D eigenvalue weighted by atomic mass is 10.1. The number of methoxy groups -OCH3 is 1. The number of hydrogen-bond acceptors (Lipinski definition) is 9. The van der Waals surface area contributed by atoms with Crippen LogP contribution in [0, 0.1) is 6.92 Å². The average molecular weight is 507 g/mol. The minimum atomic E-state index is -0.115. The average Bonchev–Trinajstić information content (AvgIpc) is 2.91. The first kappa shape index (κ1) is 26.3. The van der Waals surface area contributed by atoms with Gasteiger partial charge in [0.25, 0.3) is 0 Å². The number of piperidine rings is 1. The highest BCUT2D eigenvalue weighted by Gasteiger charge is 2.22. The summed E-state index contributed by atoms with van der Waals surface area (Å²) in [4.78, 5) is 26.9. The maximum atomic E-state index is 11.5. The second-order valence-electron chi connectivity index (χ2n) is 8.88. The molecule has 4 rings (SSSR count). The molecule has 2 heterocycles. The molecule has 196 valence electrons. The Morgan fingerprint density at radius 2 is 1.81 bits per heavy atom. The van der Waals surface area contributed by atoms with E-state index in [-0.39, 0.29) is 12.0 Å². The molecule has 1 saturated heterocycles. The van der Waals surface area contributed by atoms with Crippen molar-refractivity contribution in [2.75, 3.05) is 48.9 Å². The largest absolute Gasteiger partial charge is 0.491 e. The van der Waals surface area contributed by atoms with E-state index in [1.54, 1.807) is 7.11 Å². The van der Waals surface area contributed by atoms with Crippen LogP contribution in [0.15, 0.2) is 48.8 Å². The maximum absolute atomic E-state index is 11.5. The summed E-state index contributed by atoms with van der Waals surface area (Å²) in [5, 5.41) is 6.09. The maximum Gasteiger partial charge on any atom is 0.232 e. The SMILES string of the molecule is COCCOc1ccc(COC2CCN(c3ncnc(Nc4cccc(NC(C)=O)c4C)n3)CC2)cc1. The Morgan fingerprint density at radius 3 is 2.54 bits per heavy atom. The van der Waals surface area contributed by atoms with Crippen molar-refractivity contribution in [1.82, 2.24) is 15.0 Å². The number of carbonyl (C=O) groups is 1. The fourth-order valence-electron chi connectivity index (χ4n) is 4.08. The third-order valence-corrected chi connectivity index (χ3v) is 6.14. The zero-order chi connectivity index (χ0) is 26.0. The van der Waals surface area contributed by atoms with Gasteiger partial charge < -0.3 is 29.7 Å². The van der Waals surface area contributed by atoms with Crippen LogP contribution in [0.5, 0.6) is 5.75 Å². The van der Waals surface area contributed by atoms with E-state index in [4.69, 9.17) is 14.2 Å². The number of aromatic nitrogens is 3. The van der Waals surface area contributed by atoms with Crippen LogP contribution >= 0.6 is 0 Å². The van der Waals surface area contributed by atoms with Crippen LogP contribution in [0.1, 0.15) is 30.9 Å². The summed E-state index contributed by atoms with van der Waals surface area (Å²) in [6, 6.07) is 13.6. The molecule has 1 amide bonds. The zero-order valence-electron chi connectivity index (χ0n) is 21.6. The molecule has 2 aromatic carbocycles. The Kier molecular flexibility index (Phi) is 9.23. The molecule has 0 aliphatic carbocycles. The van der Waals surface area contributed by atoms with Gasteiger partial charge in [-0.3, -0.25) is 4.79 Å². The van der Waals surface area contributed by atoms with E-state index in [9.17, 15) is 4.79 Å². The number of nitrogens with one attached hydrogen (secondary N) is 2. The Balaban J connectivity index is 1.27. The Morgan fingerprint density at radius 1 is 1.05 bits per heavy atom. The molecule has 3 aromatic rings. The Bertz CT molecular complexity index is 1170. The number of ether oxygens (including phenoxy) is 3. The highest BCUT2D eigenvalue weighted by molar-refractivity contribution is 5.90. The molecule has 1 aromatic heterocycles. The lowest BCUT2D eigenvalue weighted by Gasteiger charge is -2.32. The first-order valence-electron chi connectivity index (χ1n) is 12.4. The number of nitrogens with zero attached hydrogens (tertiary/aromatic N) is 4. The molecule has 2 N–H and O–H groups in total. The van der Waals surface area contributed by atoms with E-state index in [0.717, 1.165) is 54.2 Å². The molecule has 0 atom stereocenters. The number of benzene rings is 2. The first-order valence-corrected chi connectivity index (χ1v) is 12.4. The molecule has 1 aliphatic heterocycles. The fraction of sp³-hybridized carbons (Fsp3) is 0.407. The molecule has 1 aliphatic rings. The van der Waals surface area contributed by atoms with Crippen LogP contribution < -0.4 is 20.3 Å². The van der Waals surface area contributed by atoms with Gasteiger partial charge in [-0.2, -0.15) is 4.98 Å². The Hall–Kier alpha value is -3.76. The van der Waals surface area contributed by atoms with Crippen LogP contribution in [0.25, 0.3) is 0 Å². The third-order valence-electron chi connectivity index (χ3n) is 6.14. The predicted octanol–water partition coefficient (Wildman–Crippen LogP) is 4.09. The van der Waals surface area contributed by atoms with Crippen molar-refractivity contribution in [3.63, 3.8) is 0 Å². The van der Waals surface area contributed by atoms with Gasteiger partial charge in [0.15, 0.2) is 0 Å². The molecule has 10 heteroatoms. The summed E-state index contributed by atoms with van der Waals surface area (Å²) in [6.45, 7) is 6.71. The summed E-state index contributed by atoms with van der Waals surface area (Å²) >= 11 is 0. The van der Waals surface area contributed by atoms with Crippen LogP contribution in [0.4, 0.5) is 23.3 Å². The zero-order valence-corrected chi connectivity index (χ0v) is 21.6. The predicted molar refractivity (Wildman–Crippen MR) is 142 cm³/mol. The minimum Gasteiger partial charge on any atom is -0.491 e. The van der Waals surface area contributed by atoms with Crippen LogP contribution in [-0.4, -0.2) is 60.4 Å². The van der Waals surface area contributed by atoms with Gasteiger partial charge in [0.1, 0.15) is 18.7 Å². The van der Waals surface area contributed by atoms with Crippen molar-refractivity contribution < 1.29 is 19.0 Å².